The number of nitrogens with zero attached hydrogens (tertiary/aromatic N) is 1. The molecule has 1 fully saturated rings. The molecule has 0 amide bonds. The van der Waals surface area contributed by atoms with Crippen LogP contribution in [0.3, 0.4) is 0 Å². The Labute approximate surface area is 103 Å². The minimum Gasteiger partial charge on any atom is -0.477 e. The summed E-state index contributed by atoms with van der Waals surface area (Å²) < 4.78 is 1.18. The number of carboxylic acids is 1. The molecule has 1 aromatic heterocycles. The van der Waals surface area contributed by atoms with E-state index in [4.69, 9.17) is 5.11 Å². The van der Waals surface area contributed by atoms with Crippen molar-refractivity contribution < 1.29 is 9.90 Å². The Morgan fingerprint density at radius 2 is 1.89 bits per heavy atom. The van der Waals surface area contributed by atoms with Crippen molar-refractivity contribution >= 4 is 5.97 Å². The van der Waals surface area contributed by atoms with Crippen LogP contribution in [0.1, 0.15) is 54.2 Å². The van der Waals surface area contributed by atoms with E-state index in [9.17, 15) is 14.4 Å². The van der Waals surface area contributed by atoms with Crippen molar-refractivity contribution in [2.24, 2.45) is 0 Å². The van der Waals surface area contributed by atoms with Gasteiger partial charge in [-0.2, -0.15) is 0 Å². The first kappa shape index (κ1) is 12.6. The topological polar surface area (TPSA) is 92.2 Å². The van der Waals surface area contributed by atoms with E-state index in [0.29, 0.717) is 0 Å². The van der Waals surface area contributed by atoms with Crippen LogP contribution < -0.4 is 11.2 Å². The van der Waals surface area contributed by atoms with Crippen LogP contribution in [-0.4, -0.2) is 20.6 Å². The van der Waals surface area contributed by atoms with E-state index in [1.165, 1.54) is 11.5 Å². The van der Waals surface area contributed by atoms with Gasteiger partial charge in [-0.05, 0) is 19.8 Å². The molecule has 0 atom stereocenters. The Kier molecular flexibility index (Phi) is 3.36. The first-order valence-corrected chi connectivity index (χ1v) is 6.11. The van der Waals surface area contributed by atoms with E-state index in [1.54, 1.807) is 0 Å². The standard InChI is InChI=1S/C12H16N2O4/c1-7-9(11(16)17)13-12(18)14(10(7)15)8-5-3-2-4-6-8/h8H,2-6H2,1H3,(H,13,18)(H,16,17). The van der Waals surface area contributed by atoms with E-state index >= 15 is 0 Å². The second-order valence-electron chi connectivity index (χ2n) is 4.70. The summed E-state index contributed by atoms with van der Waals surface area (Å²) >= 11 is 0. The molecule has 2 N–H and O–H groups in total. The monoisotopic (exact) mass is 252 g/mol. The zero-order valence-corrected chi connectivity index (χ0v) is 10.2. The van der Waals surface area contributed by atoms with Gasteiger partial charge in [-0.25, -0.2) is 9.59 Å². The number of hydrogen-bond donors (Lipinski definition) is 2. The maximum atomic E-state index is 12.1. The van der Waals surface area contributed by atoms with Gasteiger partial charge in [0.05, 0.1) is 0 Å². The lowest BCUT2D eigenvalue weighted by Gasteiger charge is -2.23. The van der Waals surface area contributed by atoms with E-state index < -0.39 is 17.2 Å². The van der Waals surface area contributed by atoms with Crippen molar-refractivity contribution in [2.75, 3.05) is 0 Å². The van der Waals surface area contributed by atoms with Crippen molar-refractivity contribution in [3.63, 3.8) is 0 Å². The van der Waals surface area contributed by atoms with Crippen LogP contribution in [-0.2, 0) is 0 Å². The number of aromatic carboxylic acids is 1. The highest BCUT2D eigenvalue weighted by atomic mass is 16.4. The molecule has 0 spiro atoms. The van der Waals surface area contributed by atoms with Crippen LogP contribution in [0, 0.1) is 6.92 Å². The number of nitrogens with one attached hydrogen (secondary N) is 1. The van der Waals surface area contributed by atoms with E-state index in [2.05, 4.69) is 4.98 Å². The first-order chi connectivity index (χ1) is 8.52. The molecule has 0 unspecified atom stereocenters. The fourth-order valence-corrected chi connectivity index (χ4v) is 2.53. The van der Waals surface area contributed by atoms with Gasteiger partial charge in [-0.1, -0.05) is 19.3 Å². The number of aromatic amines is 1. The highest BCUT2D eigenvalue weighted by molar-refractivity contribution is 5.86. The third-order valence-corrected chi connectivity index (χ3v) is 3.52. The van der Waals surface area contributed by atoms with Crippen LogP contribution in [0.5, 0.6) is 0 Å². The molecule has 1 aromatic rings. The molecule has 0 aliphatic heterocycles. The molecule has 18 heavy (non-hydrogen) atoms. The maximum Gasteiger partial charge on any atom is 0.352 e. The summed E-state index contributed by atoms with van der Waals surface area (Å²) in [6.45, 7) is 1.43. The molecule has 0 radical (unpaired) electrons. The largest absolute Gasteiger partial charge is 0.477 e. The SMILES string of the molecule is Cc1c(C(=O)O)[nH]c(=O)n(C2CCCCC2)c1=O. The molecular formula is C12H16N2O4. The molecule has 1 aliphatic carbocycles. The Hall–Kier alpha value is -1.85. The molecule has 98 valence electrons. The lowest BCUT2D eigenvalue weighted by Crippen LogP contribution is -2.41. The van der Waals surface area contributed by atoms with Crippen LogP contribution in [0.2, 0.25) is 0 Å². The van der Waals surface area contributed by atoms with Gasteiger partial charge in [0.15, 0.2) is 0 Å². The number of carbonyl (C=O) groups is 1. The van der Waals surface area contributed by atoms with Crippen molar-refractivity contribution in [3.8, 4) is 0 Å². The summed E-state index contributed by atoms with van der Waals surface area (Å²) in [4.78, 5) is 37.1. The van der Waals surface area contributed by atoms with Gasteiger partial charge in [-0.15, -0.1) is 0 Å². The second kappa shape index (κ2) is 4.80. The normalized spacial score (nSPS) is 16.7. The molecule has 0 bridgehead atoms. The fourth-order valence-electron chi connectivity index (χ4n) is 2.53. The molecule has 1 saturated carbocycles. The molecule has 6 nitrogen and oxygen atoms in total. The van der Waals surface area contributed by atoms with Crippen molar-refractivity contribution in [3.05, 3.63) is 32.1 Å². The van der Waals surface area contributed by atoms with Gasteiger partial charge in [0.1, 0.15) is 5.69 Å². The zero-order chi connectivity index (χ0) is 13.3. The lowest BCUT2D eigenvalue weighted by molar-refractivity contribution is 0.0688. The molecule has 1 aliphatic rings. The lowest BCUT2D eigenvalue weighted by atomic mass is 9.95. The molecular weight excluding hydrogens is 236 g/mol. The minimum absolute atomic E-state index is 0.0904. The third-order valence-electron chi connectivity index (χ3n) is 3.52. The number of H-pyrrole nitrogens is 1. The van der Waals surface area contributed by atoms with Gasteiger partial charge in [0.25, 0.3) is 5.56 Å². The third kappa shape index (κ3) is 2.10. The summed E-state index contributed by atoms with van der Waals surface area (Å²) in [6, 6.07) is -0.100. The number of rotatable bonds is 2. The van der Waals surface area contributed by atoms with E-state index in [0.717, 1.165) is 32.1 Å². The van der Waals surface area contributed by atoms with E-state index in [-0.39, 0.29) is 17.3 Å². The summed E-state index contributed by atoms with van der Waals surface area (Å²) in [5, 5.41) is 8.90. The number of carboxylic acid groups (broad SMARTS) is 1. The first-order valence-electron chi connectivity index (χ1n) is 6.11. The molecule has 0 saturated heterocycles. The number of aromatic nitrogens is 2. The highest BCUT2D eigenvalue weighted by Gasteiger charge is 2.22. The quantitative estimate of drug-likeness (QED) is 0.822. The van der Waals surface area contributed by atoms with Gasteiger partial charge < -0.3 is 10.1 Å². The van der Waals surface area contributed by atoms with Crippen molar-refractivity contribution in [1.82, 2.24) is 9.55 Å². The highest BCUT2D eigenvalue weighted by Crippen LogP contribution is 2.25. The Morgan fingerprint density at radius 3 is 2.44 bits per heavy atom. The Balaban J connectivity index is 2.56. The molecule has 2 rings (SSSR count). The smallest absolute Gasteiger partial charge is 0.352 e. The minimum atomic E-state index is -1.28. The zero-order valence-electron chi connectivity index (χ0n) is 10.2. The molecule has 6 heteroatoms. The average molecular weight is 252 g/mol. The van der Waals surface area contributed by atoms with Crippen molar-refractivity contribution in [1.29, 1.82) is 0 Å². The Bertz CT molecular complexity index is 579. The van der Waals surface area contributed by atoms with Crippen LogP contribution in [0.15, 0.2) is 9.59 Å². The number of hydrogen-bond acceptors (Lipinski definition) is 3. The second-order valence-corrected chi connectivity index (χ2v) is 4.70. The summed E-state index contributed by atoms with van der Waals surface area (Å²) in [6.07, 6.45) is 4.71. The van der Waals surface area contributed by atoms with Crippen LogP contribution in [0.4, 0.5) is 0 Å². The van der Waals surface area contributed by atoms with E-state index in [1.807, 2.05) is 0 Å². The van der Waals surface area contributed by atoms with Crippen molar-refractivity contribution in [2.45, 2.75) is 45.1 Å². The fraction of sp³-hybridized carbons (Fsp3) is 0.583. The Morgan fingerprint density at radius 1 is 1.28 bits per heavy atom. The molecule has 1 heterocycles. The summed E-state index contributed by atoms with van der Waals surface area (Å²) in [5.41, 5.74) is -1.32. The van der Waals surface area contributed by atoms with Gasteiger partial charge in [0.2, 0.25) is 0 Å². The maximum absolute atomic E-state index is 12.1. The van der Waals surface area contributed by atoms with Crippen LogP contribution >= 0.6 is 0 Å². The summed E-state index contributed by atoms with van der Waals surface area (Å²) in [7, 11) is 0. The van der Waals surface area contributed by atoms with Crippen LogP contribution in [0.25, 0.3) is 0 Å². The molecule has 0 aromatic carbocycles. The van der Waals surface area contributed by atoms with Gasteiger partial charge in [-0.3, -0.25) is 9.36 Å². The summed E-state index contributed by atoms with van der Waals surface area (Å²) in [5.74, 6) is -1.28. The average Bonchev–Trinajstić information content (AvgIpc) is 2.35. The predicted octanol–water partition coefficient (Wildman–Crippen LogP) is 1.05. The van der Waals surface area contributed by atoms with Gasteiger partial charge in [0, 0.05) is 11.6 Å². The predicted molar refractivity (Wildman–Crippen MR) is 65.1 cm³/mol. The van der Waals surface area contributed by atoms with Gasteiger partial charge >= 0.3 is 11.7 Å².